The number of pyridine rings is 1. The number of nitrogens with two attached hydrogens (primary N) is 1. The summed E-state index contributed by atoms with van der Waals surface area (Å²) >= 11 is 0. The van der Waals surface area contributed by atoms with E-state index in [4.69, 9.17) is 10.9 Å². The van der Waals surface area contributed by atoms with Gasteiger partial charge in [-0.25, -0.2) is 0 Å². The van der Waals surface area contributed by atoms with Gasteiger partial charge in [-0.1, -0.05) is 5.16 Å². The second-order valence-corrected chi connectivity index (χ2v) is 4.60. The Labute approximate surface area is 115 Å². The van der Waals surface area contributed by atoms with Crippen LogP contribution < -0.4 is 11.3 Å². The molecule has 1 aromatic heterocycles. The molecular weight excluding hydrogens is 262 g/mol. The monoisotopic (exact) mass is 279 g/mol. The summed E-state index contributed by atoms with van der Waals surface area (Å²) in [5, 5.41) is 11.4. The summed E-state index contributed by atoms with van der Waals surface area (Å²) in [5.41, 5.74) is 5.54. The first-order valence-corrected chi connectivity index (χ1v) is 6.27. The summed E-state index contributed by atoms with van der Waals surface area (Å²) in [5.74, 6) is -0.00100. The van der Waals surface area contributed by atoms with E-state index < -0.39 is 0 Å². The molecule has 2 heterocycles. The maximum absolute atomic E-state index is 12.2. The van der Waals surface area contributed by atoms with Crippen LogP contribution in [-0.4, -0.2) is 64.5 Å². The third-order valence-corrected chi connectivity index (χ3v) is 3.20. The molecule has 1 fully saturated rings. The SMILES string of the molecule is N/C(CN1CCN(C(=O)c2cc[nH]c(=O)c2)CC1)=N/O. The number of rotatable bonds is 3. The molecule has 0 unspecified atom stereocenters. The lowest BCUT2D eigenvalue weighted by Crippen LogP contribution is -2.50. The number of nitrogens with one attached hydrogen (secondary N) is 1. The second kappa shape index (κ2) is 6.20. The normalized spacial score (nSPS) is 17.2. The molecule has 20 heavy (non-hydrogen) atoms. The van der Waals surface area contributed by atoms with E-state index in [2.05, 4.69) is 10.1 Å². The summed E-state index contributed by atoms with van der Waals surface area (Å²) in [4.78, 5) is 29.6. The van der Waals surface area contributed by atoms with Gasteiger partial charge in [-0.2, -0.15) is 0 Å². The lowest BCUT2D eigenvalue weighted by molar-refractivity contribution is 0.0653. The van der Waals surface area contributed by atoms with E-state index in [1.54, 1.807) is 11.0 Å². The fourth-order valence-corrected chi connectivity index (χ4v) is 2.13. The Morgan fingerprint density at radius 1 is 1.40 bits per heavy atom. The number of H-pyrrole nitrogens is 1. The summed E-state index contributed by atoms with van der Waals surface area (Å²) in [6, 6.07) is 2.89. The first-order chi connectivity index (χ1) is 9.60. The van der Waals surface area contributed by atoms with Crippen LogP contribution in [0.1, 0.15) is 10.4 Å². The number of aromatic nitrogens is 1. The van der Waals surface area contributed by atoms with Gasteiger partial charge in [0.15, 0.2) is 5.84 Å². The molecule has 0 saturated carbocycles. The molecule has 1 aliphatic rings. The van der Waals surface area contributed by atoms with Gasteiger partial charge >= 0.3 is 0 Å². The lowest BCUT2D eigenvalue weighted by atomic mass is 10.2. The van der Waals surface area contributed by atoms with Gasteiger partial charge in [-0.05, 0) is 6.07 Å². The highest BCUT2D eigenvalue weighted by molar-refractivity contribution is 5.94. The summed E-state index contributed by atoms with van der Waals surface area (Å²) < 4.78 is 0. The highest BCUT2D eigenvalue weighted by Gasteiger charge is 2.22. The number of hydrogen-bond donors (Lipinski definition) is 3. The molecule has 0 spiro atoms. The largest absolute Gasteiger partial charge is 0.409 e. The van der Waals surface area contributed by atoms with Gasteiger partial charge in [0.2, 0.25) is 5.56 Å². The number of hydrogen-bond acceptors (Lipinski definition) is 5. The molecule has 8 heteroatoms. The van der Waals surface area contributed by atoms with Crippen molar-refractivity contribution in [1.29, 1.82) is 0 Å². The molecule has 1 aromatic rings. The van der Waals surface area contributed by atoms with Crippen molar-refractivity contribution < 1.29 is 10.0 Å². The number of carbonyl (C=O) groups excluding carboxylic acids is 1. The fraction of sp³-hybridized carbons (Fsp3) is 0.417. The first-order valence-electron chi connectivity index (χ1n) is 6.27. The third kappa shape index (κ3) is 3.35. The fourth-order valence-electron chi connectivity index (χ4n) is 2.13. The number of oxime groups is 1. The zero-order valence-corrected chi connectivity index (χ0v) is 11.0. The Kier molecular flexibility index (Phi) is 4.36. The quantitative estimate of drug-likeness (QED) is 0.280. The van der Waals surface area contributed by atoms with E-state index >= 15 is 0 Å². The van der Waals surface area contributed by atoms with Crippen molar-refractivity contribution in [3.63, 3.8) is 0 Å². The van der Waals surface area contributed by atoms with E-state index in [-0.39, 0.29) is 17.3 Å². The molecule has 1 saturated heterocycles. The third-order valence-electron chi connectivity index (χ3n) is 3.20. The second-order valence-electron chi connectivity index (χ2n) is 4.60. The van der Waals surface area contributed by atoms with Gasteiger partial charge in [0.25, 0.3) is 5.91 Å². The minimum Gasteiger partial charge on any atom is -0.409 e. The van der Waals surface area contributed by atoms with Gasteiger partial charge in [0, 0.05) is 44.0 Å². The van der Waals surface area contributed by atoms with E-state index in [1.165, 1.54) is 12.3 Å². The molecule has 1 aliphatic heterocycles. The zero-order valence-electron chi connectivity index (χ0n) is 11.0. The van der Waals surface area contributed by atoms with Crippen molar-refractivity contribution in [2.24, 2.45) is 10.9 Å². The van der Waals surface area contributed by atoms with Crippen LogP contribution in [0, 0.1) is 0 Å². The average molecular weight is 279 g/mol. The van der Waals surface area contributed by atoms with Gasteiger partial charge in [-0.15, -0.1) is 0 Å². The minimum atomic E-state index is -0.290. The van der Waals surface area contributed by atoms with Gasteiger partial charge < -0.3 is 20.8 Å². The molecule has 0 aliphatic carbocycles. The van der Waals surface area contributed by atoms with Crippen molar-refractivity contribution in [2.45, 2.75) is 0 Å². The topological polar surface area (TPSA) is 115 Å². The number of piperazine rings is 1. The Hall–Kier alpha value is -2.35. The van der Waals surface area contributed by atoms with Crippen LogP contribution in [0.25, 0.3) is 0 Å². The van der Waals surface area contributed by atoms with Crippen LogP contribution in [-0.2, 0) is 0 Å². The molecular formula is C12H17N5O3. The summed E-state index contributed by atoms with van der Waals surface area (Å²) in [7, 11) is 0. The Bertz CT molecular complexity index is 560. The molecule has 0 atom stereocenters. The van der Waals surface area contributed by atoms with Crippen molar-refractivity contribution in [2.75, 3.05) is 32.7 Å². The zero-order chi connectivity index (χ0) is 14.5. The summed E-state index contributed by atoms with van der Waals surface area (Å²) in [6.45, 7) is 2.76. The van der Waals surface area contributed by atoms with Crippen LogP contribution in [0.15, 0.2) is 28.3 Å². The highest BCUT2D eigenvalue weighted by Crippen LogP contribution is 2.07. The molecule has 108 valence electrons. The molecule has 2 rings (SSSR count). The molecule has 0 aromatic carbocycles. The predicted molar refractivity (Wildman–Crippen MR) is 72.8 cm³/mol. The molecule has 0 bridgehead atoms. The number of amides is 1. The van der Waals surface area contributed by atoms with Crippen molar-refractivity contribution in [3.05, 3.63) is 34.2 Å². The lowest BCUT2D eigenvalue weighted by Gasteiger charge is -2.34. The predicted octanol–water partition coefficient (Wildman–Crippen LogP) is -1.12. The van der Waals surface area contributed by atoms with Gasteiger partial charge in [0.1, 0.15) is 0 Å². The number of nitrogens with zero attached hydrogens (tertiary/aromatic N) is 3. The van der Waals surface area contributed by atoms with Crippen molar-refractivity contribution >= 4 is 11.7 Å². The molecule has 0 radical (unpaired) electrons. The maximum atomic E-state index is 12.2. The van der Waals surface area contributed by atoms with Gasteiger partial charge in [0.05, 0.1) is 6.54 Å². The van der Waals surface area contributed by atoms with Crippen molar-refractivity contribution in [3.8, 4) is 0 Å². The van der Waals surface area contributed by atoms with Gasteiger partial charge in [-0.3, -0.25) is 14.5 Å². The van der Waals surface area contributed by atoms with Crippen LogP contribution in [0.2, 0.25) is 0 Å². The summed E-state index contributed by atoms with van der Waals surface area (Å²) in [6.07, 6.45) is 1.46. The van der Waals surface area contributed by atoms with Crippen LogP contribution >= 0.6 is 0 Å². The van der Waals surface area contributed by atoms with E-state index in [9.17, 15) is 9.59 Å². The number of amidine groups is 1. The Morgan fingerprint density at radius 3 is 2.70 bits per heavy atom. The Morgan fingerprint density at radius 2 is 2.10 bits per heavy atom. The average Bonchev–Trinajstić information content (AvgIpc) is 2.47. The van der Waals surface area contributed by atoms with E-state index in [1.807, 2.05) is 4.90 Å². The molecule has 8 nitrogen and oxygen atoms in total. The van der Waals surface area contributed by atoms with Crippen LogP contribution in [0.5, 0.6) is 0 Å². The number of carbonyl (C=O) groups is 1. The Balaban J connectivity index is 1.94. The maximum Gasteiger partial charge on any atom is 0.254 e. The molecule has 1 amide bonds. The van der Waals surface area contributed by atoms with E-state index in [0.717, 1.165) is 0 Å². The highest BCUT2D eigenvalue weighted by atomic mass is 16.4. The standard InChI is InChI=1S/C12H17N5O3/c13-10(15-20)8-16-3-5-17(6-4-16)12(19)9-1-2-14-11(18)7-9/h1-2,7,20H,3-6,8H2,(H2,13,15)(H,14,18). The van der Waals surface area contributed by atoms with Crippen molar-refractivity contribution in [1.82, 2.24) is 14.8 Å². The smallest absolute Gasteiger partial charge is 0.254 e. The minimum absolute atomic E-state index is 0.152. The first kappa shape index (κ1) is 14.1. The number of aromatic amines is 1. The molecule has 4 N–H and O–H groups in total. The van der Waals surface area contributed by atoms with E-state index in [0.29, 0.717) is 38.3 Å². The van der Waals surface area contributed by atoms with Crippen LogP contribution in [0.4, 0.5) is 0 Å². The van der Waals surface area contributed by atoms with Crippen LogP contribution in [0.3, 0.4) is 0 Å².